The molecule has 0 spiro atoms. The first-order chi connectivity index (χ1) is 14.3. The Morgan fingerprint density at radius 3 is 2.50 bits per heavy atom. The van der Waals surface area contributed by atoms with Crippen LogP contribution in [0.4, 0.5) is 19.0 Å². The van der Waals surface area contributed by atoms with Crippen molar-refractivity contribution in [2.45, 2.75) is 11.1 Å². The third-order valence-corrected chi connectivity index (χ3v) is 6.01. The number of anilines is 1. The molecule has 4 rings (SSSR count). The average Bonchev–Trinajstić information content (AvgIpc) is 2.73. The van der Waals surface area contributed by atoms with E-state index in [2.05, 4.69) is 35.6 Å². The maximum Gasteiger partial charge on any atom is 0.416 e. The number of hydrogen-bond acceptors (Lipinski definition) is 4. The van der Waals surface area contributed by atoms with E-state index in [0.29, 0.717) is 22.0 Å². The first kappa shape index (κ1) is 20.4. The lowest BCUT2D eigenvalue weighted by atomic mass is 10.0. The van der Waals surface area contributed by atoms with Crippen LogP contribution in [0.1, 0.15) is 5.56 Å². The summed E-state index contributed by atoms with van der Waals surface area (Å²) in [6.45, 7) is 0. The lowest BCUT2D eigenvalue weighted by molar-refractivity contribution is -0.137. The fourth-order valence-corrected chi connectivity index (χ4v) is 4.30. The molecule has 0 amide bonds. The van der Waals surface area contributed by atoms with Crippen LogP contribution in [0.2, 0.25) is 0 Å². The number of pyridine rings is 1. The van der Waals surface area contributed by atoms with Crippen LogP contribution in [0.3, 0.4) is 0 Å². The molecule has 1 N–H and O–H groups in total. The van der Waals surface area contributed by atoms with E-state index < -0.39 is 22.7 Å². The van der Waals surface area contributed by atoms with Crippen molar-refractivity contribution in [1.29, 1.82) is 0 Å². The Labute approximate surface area is 180 Å². The molecule has 0 radical (unpaired) electrons. The highest BCUT2D eigenvalue weighted by molar-refractivity contribution is 9.10. The van der Waals surface area contributed by atoms with Gasteiger partial charge in [0, 0.05) is 27.8 Å². The molecule has 1 atom stereocenters. The minimum atomic E-state index is -4.43. The van der Waals surface area contributed by atoms with Crippen molar-refractivity contribution in [3.05, 3.63) is 77.3 Å². The van der Waals surface area contributed by atoms with Gasteiger partial charge in [0.1, 0.15) is 12.1 Å². The summed E-state index contributed by atoms with van der Waals surface area (Å²) in [5.74, 6) is 0.424. The number of benzene rings is 2. The fourth-order valence-electron chi connectivity index (χ4n) is 2.87. The zero-order valence-electron chi connectivity index (χ0n) is 15.0. The third-order valence-electron chi connectivity index (χ3n) is 4.28. The van der Waals surface area contributed by atoms with Gasteiger partial charge >= 0.3 is 6.18 Å². The van der Waals surface area contributed by atoms with Gasteiger partial charge in [-0.05, 0) is 41.8 Å². The normalized spacial score (nSPS) is 12.7. The van der Waals surface area contributed by atoms with Gasteiger partial charge in [0.05, 0.1) is 16.2 Å². The van der Waals surface area contributed by atoms with E-state index in [4.69, 9.17) is 0 Å². The van der Waals surface area contributed by atoms with Crippen molar-refractivity contribution in [3.63, 3.8) is 0 Å². The first-order valence-electron chi connectivity index (χ1n) is 8.53. The lowest BCUT2D eigenvalue weighted by Gasteiger charge is -2.12. The highest BCUT2D eigenvalue weighted by Crippen LogP contribution is 2.37. The van der Waals surface area contributed by atoms with E-state index >= 15 is 0 Å². The maximum atomic E-state index is 13.0. The molecule has 2 aromatic carbocycles. The molecule has 0 aliphatic rings. The first-order valence-corrected chi connectivity index (χ1v) is 10.5. The number of nitrogens with zero attached hydrogens (tertiary/aromatic N) is 3. The predicted molar refractivity (Wildman–Crippen MR) is 112 cm³/mol. The zero-order valence-corrected chi connectivity index (χ0v) is 17.4. The van der Waals surface area contributed by atoms with Crippen molar-refractivity contribution in [1.82, 2.24) is 15.0 Å². The largest absolute Gasteiger partial charge is 0.416 e. The quantitative estimate of drug-likeness (QED) is 0.402. The summed E-state index contributed by atoms with van der Waals surface area (Å²) >= 11 is 3.23. The molecule has 0 aliphatic heterocycles. The molecule has 0 bridgehead atoms. The molecule has 0 saturated heterocycles. The number of fused-ring (bicyclic) bond motifs is 1. The molecule has 4 aromatic rings. The van der Waals surface area contributed by atoms with Gasteiger partial charge in [0.2, 0.25) is 0 Å². The van der Waals surface area contributed by atoms with Gasteiger partial charge in [0.15, 0.2) is 11.0 Å². The lowest BCUT2D eigenvalue weighted by Crippen LogP contribution is -2.06. The van der Waals surface area contributed by atoms with Gasteiger partial charge in [-0.1, -0.05) is 28.1 Å². The molecule has 0 aliphatic carbocycles. The number of alkyl halides is 3. The number of rotatable bonds is 4. The van der Waals surface area contributed by atoms with Crippen LogP contribution in [0.5, 0.6) is 0 Å². The van der Waals surface area contributed by atoms with E-state index in [-0.39, 0.29) is 4.47 Å². The summed E-state index contributed by atoms with van der Waals surface area (Å²) in [6.07, 6.45) is 0.0157. The van der Waals surface area contributed by atoms with Crippen LogP contribution >= 0.6 is 15.9 Å². The molecule has 152 valence electrons. The number of aromatic nitrogens is 3. The van der Waals surface area contributed by atoms with E-state index in [9.17, 15) is 17.4 Å². The zero-order chi connectivity index (χ0) is 21.3. The fraction of sp³-hybridized carbons (Fsp3) is 0.0500. The van der Waals surface area contributed by atoms with Crippen LogP contribution in [0.25, 0.3) is 22.0 Å². The highest BCUT2D eigenvalue weighted by atomic mass is 79.9. The monoisotopic (exact) mass is 492 g/mol. The highest BCUT2D eigenvalue weighted by Gasteiger charge is 2.31. The Morgan fingerprint density at radius 2 is 1.80 bits per heavy atom. The van der Waals surface area contributed by atoms with E-state index in [0.717, 1.165) is 22.9 Å². The molecule has 30 heavy (non-hydrogen) atoms. The van der Waals surface area contributed by atoms with Crippen molar-refractivity contribution < 1.29 is 17.4 Å². The summed E-state index contributed by atoms with van der Waals surface area (Å²) in [7, 11) is -1.55. The van der Waals surface area contributed by atoms with Gasteiger partial charge in [-0.2, -0.15) is 13.2 Å². The van der Waals surface area contributed by atoms with Crippen molar-refractivity contribution in [3.8, 4) is 11.3 Å². The Bertz CT molecular complexity index is 1250. The van der Waals surface area contributed by atoms with Gasteiger partial charge in [-0.15, -0.1) is 0 Å². The molecule has 5 nitrogen and oxygen atoms in total. The van der Waals surface area contributed by atoms with Crippen LogP contribution in [0, 0.1) is 0 Å². The molecule has 2 heterocycles. The standard InChI is InChI=1S/C20H12BrF3N4OS/c21-17-10-13(20(22,23)24)1-3-16(17)19-15-4-2-14(9-12(15)5-8-26-19)30(29)28-18-6-7-25-11-27-18/h1-11H,(H,25,27,28). The maximum absolute atomic E-state index is 13.0. The number of hydrogen-bond donors (Lipinski definition) is 1. The smallest absolute Gasteiger partial charge is 0.285 e. The Hall–Kier alpha value is -2.85. The van der Waals surface area contributed by atoms with E-state index in [1.165, 1.54) is 18.6 Å². The molecule has 1 unspecified atom stereocenters. The van der Waals surface area contributed by atoms with E-state index in [1.807, 2.05) is 0 Å². The minimum absolute atomic E-state index is 0.287. The van der Waals surface area contributed by atoms with Gasteiger partial charge in [-0.3, -0.25) is 9.71 Å². The average molecular weight is 493 g/mol. The van der Waals surface area contributed by atoms with Crippen molar-refractivity contribution in [2.75, 3.05) is 4.72 Å². The van der Waals surface area contributed by atoms with Crippen LogP contribution in [0.15, 0.2) is 76.6 Å². The second-order valence-electron chi connectivity index (χ2n) is 6.20. The number of halogens is 4. The molecular formula is C20H12BrF3N4OS. The molecule has 0 saturated carbocycles. The van der Waals surface area contributed by atoms with Crippen LogP contribution in [-0.2, 0) is 17.2 Å². The van der Waals surface area contributed by atoms with Gasteiger partial charge in [-0.25, -0.2) is 14.2 Å². The van der Waals surface area contributed by atoms with E-state index in [1.54, 1.807) is 36.5 Å². The summed E-state index contributed by atoms with van der Waals surface area (Å²) < 4.78 is 54.5. The molecule has 2 aromatic heterocycles. The summed E-state index contributed by atoms with van der Waals surface area (Å²) in [4.78, 5) is 12.7. The summed E-state index contributed by atoms with van der Waals surface area (Å²) in [6, 6.07) is 12.0. The molecule has 10 heteroatoms. The molecule has 0 fully saturated rings. The van der Waals surface area contributed by atoms with Gasteiger partial charge in [0.25, 0.3) is 0 Å². The molecular weight excluding hydrogens is 481 g/mol. The SMILES string of the molecule is O=S(Nc1ccncn1)c1ccc2c(-c3ccc(C(F)(F)F)cc3Br)nccc2c1. The van der Waals surface area contributed by atoms with Crippen LogP contribution in [-0.4, -0.2) is 19.2 Å². The minimum Gasteiger partial charge on any atom is -0.285 e. The van der Waals surface area contributed by atoms with Gasteiger partial charge < -0.3 is 0 Å². The number of nitrogens with one attached hydrogen (secondary N) is 1. The topological polar surface area (TPSA) is 67.8 Å². The summed E-state index contributed by atoms with van der Waals surface area (Å²) in [5, 5.41) is 1.47. The second-order valence-corrected chi connectivity index (χ2v) is 8.27. The Morgan fingerprint density at radius 1 is 0.967 bits per heavy atom. The predicted octanol–water partition coefficient (Wildman–Crippen LogP) is 5.61. The Kier molecular flexibility index (Phi) is 5.52. The third kappa shape index (κ3) is 4.19. The van der Waals surface area contributed by atoms with Crippen molar-refractivity contribution >= 4 is 43.5 Å². The summed E-state index contributed by atoms with van der Waals surface area (Å²) in [5.41, 5.74) is 0.308. The second kappa shape index (κ2) is 8.11. The van der Waals surface area contributed by atoms with Crippen LogP contribution < -0.4 is 4.72 Å². The Balaban J connectivity index is 1.71. The van der Waals surface area contributed by atoms with Crippen molar-refractivity contribution in [2.24, 2.45) is 0 Å².